The Morgan fingerprint density at radius 2 is 1.56 bits per heavy atom. The summed E-state index contributed by atoms with van der Waals surface area (Å²) < 4.78 is 11.6. The van der Waals surface area contributed by atoms with Gasteiger partial charge in [-0.05, 0) is 41.0 Å². The Morgan fingerprint density at radius 1 is 0.833 bits per heavy atom. The van der Waals surface area contributed by atoms with Gasteiger partial charge >= 0.3 is 6.03 Å². The number of urea groups is 1. The molecule has 0 spiro atoms. The van der Waals surface area contributed by atoms with Crippen molar-refractivity contribution >= 4 is 6.03 Å². The van der Waals surface area contributed by atoms with E-state index in [4.69, 9.17) is 9.47 Å². The zero-order valence-corrected chi connectivity index (χ0v) is 20.5. The van der Waals surface area contributed by atoms with Crippen molar-refractivity contribution in [2.75, 3.05) is 13.7 Å². The highest BCUT2D eigenvalue weighted by atomic mass is 16.5. The Balaban J connectivity index is 1.44. The number of benzene rings is 3. The number of methoxy groups -OCH3 is 1. The minimum atomic E-state index is -0.127. The lowest BCUT2D eigenvalue weighted by atomic mass is 10.1. The summed E-state index contributed by atoms with van der Waals surface area (Å²) in [7, 11) is 1.62. The monoisotopic (exact) mass is 481 g/mol. The van der Waals surface area contributed by atoms with Crippen molar-refractivity contribution in [2.45, 2.75) is 26.1 Å². The van der Waals surface area contributed by atoms with Gasteiger partial charge in [0, 0.05) is 37.9 Å². The molecule has 6 nitrogen and oxygen atoms in total. The number of amides is 2. The fraction of sp³-hybridized carbons (Fsp3) is 0.200. The lowest BCUT2D eigenvalue weighted by Crippen LogP contribution is -2.40. The fourth-order valence-corrected chi connectivity index (χ4v) is 3.82. The largest absolute Gasteiger partial charge is 0.493 e. The third-order valence-electron chi connectivity index (χ3n) is 5.78. The normalized spacial score (nSPS) is 10.5. The Hall–Kier alpha value is -4.32. The Bertz CT molecular complexity index is 1220. The lowest BCUT2D eigenvalue weighted by molar-refractivity contribution is 0.195. The number of hydrogen-bond donors (Lipinski definition) is 1. The molecule has 0 aliphatic carbocycles. The van der Waals surface area contributed by atoms with E-state index >= 15 is 0 Å². The highest BCUT2D eigenvalue weighted by molar-refractivity contribution is 5.74. The van der Waals surface area contributed by atoms with Gasteiger partial charge in [-0.1, -0.05) is 72.8 Å². The minimum absolute atomic E-state index is 0.127. The molecule has 0 unspecified atom stereocenters. The van der Waals surface area contributed by atoms with E-state index in [1.54, 1.807) is 18.2 Å². The summed E-state index contributed by atoms with van der Waals surface area (Å²) in [5.41, 5.74) is 4.03. The summed E-state index contributed by atoms with van der Waals surface area (Å²) >= 11 is 0. The second kappa shape index (κ2) is 13.0. The molecule has 0 saturated carbocycles. The first-order valence-corrected chi connectivity index (χ1v) is 12.0. The van der Waals surface area contributed by atoms with Crippen LogP contribution in [0.2, 0.25) is 0 Å². The van der Waals surface area contributed by atoms with E-state index in [1.165, 1.54) is 0 Å². The Labute approximate surface area is 212 Å². The van der Waals surface area contributed by atoms with Crippen molar-refractivity contribution in [1.29, 1.82) is 0 Å². The van der Waals surface area contributed by atoms with Crippen LogP contribution in [0.25, 0.3) is 0 Å². The first kappa shape index (κ1) is 24.8. The molecule has 0 aliphatic heterocycles. The standard InChI is InChI=1S/C30H31N3O3/c1-35-29-20-26(15-16-28(29)36-23-25-12-6-3-7-13-25)22-33(19-17-27-14-8-9-18-31-27)30(34)32-21-24-10-4-2-5-11-24/h2-16,18,20H,17,19,21-23H2,1H3,(H,32,34). The van der Waals surface area contributed by atoms with Crippen LogP contribution in [0, 0.1) is 0 Å². The Kier molecular flexibility index (Phi) is 8.92. The van der Waals surface area contributed by atoms with E-state index in [0.29, 0.717) is 44.2 Å². The molecule has 184 valence electrons. The molecule has 36 heavy (non-hydrogen) atoms. The van der Waals surface area contributed by atoms with Gasteiger partial charge in [0.2, 0.25) is 0 Å². The SMILES string of the molecule is COc1cc(CN(CCc2ccccn2)C(=O)NCc2ccccc2)ccc1OCc1ccccc1. The van der Waals surface area contributed by atoms with Crippen LogP contribution in [0.1, 0.15) is 22.4 Å². The van der Waals surface area contributed by atoms with Crippen LogP contribution in [0.3, 0.4) is 0 Å². The fourth-order valence-electron chi connectivity index (χ4n) is 3.82. The number of pyridine rings is 1. The van der Waals surface area contributed by atoms with E-state index < -0.39 is 0 Å². The van der Waals surface area contributed by atoms with Crippen molar-refractivity contribution in [2.24, 2.45) is 0 Å². The zero-order valence-electron chi connectivity index (χ0n) is 20.5. The predicted octanol–water partition coefficient (Wildman–Crippen LogP) is 5.62. The average Bonchev–Trinajstić information content (AvgIpc) is 2.94. The summed E-state index contributed by atoms with van der Waals surface area (Å²) in [5.74, 6) is 1.30. The van der Waals surface area contributed by atoms with Crippen molar-refractivity contribution in [3.8, 4) is 11.5 Å². The molecular formula is C30H31N3O3. The maximum absolute atomic E-state index is 13.2. The molecule has 6 heteroatoms. The topological polar surface area (TPSA) is 63.7 Å². The molecule has 4 rings (SSSR count). The molecule has 0 atom stereocenters. The molecule has 4 aromatic rings. The maximum Gasteiger partial charge on any atom is 0.317 e. The molecular weight excluding hydrogens is 450 g/mol. The predicted molar refractivity (Wildman–Crippen MR) is 141 cm³/mol. The number of hydrogen-bond acceptors (Lipinski definition) is 4. The van der Waals surface area contributed by atoms with E-state index in [-0.39, 0.29) is 6.03 Å². The number of carbonyl (C=O) groups excluding carboxylic acids is 1. The van der Waals surface area contributed by atoms with E-state index in [1.807, 2.05) is 97.1 Å². The molecule has 3 aromatic carbocycles. The first-order chi connectivity index (χ1) is 17.7. The van der Waals surface area contributed by atoms with Crippen LogP contribution in [0.4, 0.5) is 4.79 Å². The van der Waals surface area contributed by atoms with Crippen LogP contribution >= 0.6 is 0 Å². The van der Waals surface area contributed by atoms with Crippen molar-refractivity contribution < 1.29 is 14.3 Å². The quantitative estimate of drug-likeness (QED) is 0.302. The molecule has 0 radical (unpaired) electrons. The number of ether oxygens (including phenoxy) is 2. The van der Waals surface area contributed by atoms with Crippen molar-refractivity contribution in [3.63, 3.8) is 0 Å². The van der Waals surface area contributed by atoms with Crippen LogP contribution in [0.5, 0.6) is 11.5 Å². The maximum atomic E-state index is 13.2. The van der Waals surface area contributed by atoms with Gasteiger partial charge in [-0.3, -0.25) is 4.98 Å². The van der Waals surface area contributed by atoms with Crippen molar-refractivity contribution in [1.82, 2.24) is 15.2 Å². The average molecular weight is 482 g/mol. The van der Waals surface area contributed by atoms with Gasteiger partial charge in [0.1, 0.15) is 6.61 Å². The van der Waals surface area contributed by atoms with Gasteiger partial charge in [0.05, 0.1) is 7.11 Å². The van der Waals surface area contributed by atoms with Gasteiger partial charge in [0.15, 0.2) is 11.5 Å². The van der Waals surface area contributed by atoms with Crippen LogP contribution in [-0.4, -0.2) is 29.6 Å². The van der Waals surface area contributed by atoms with Gasteiger partial charge in [-0.2, -0.15) is 0 Å². The van der Waals surface area contributed by atoms with Gasteiger partial charge in [-0.15, -0.1) is 0 Å². The van der Waals surface area contributed by atoms with Gasteiger partial charge in [-0.25, -0.2) is 4.79 Å². The van der Waals surface area contributed by atoms with E-state index in [2.05, 4.69) is 10.3 Å². The molecule has 1 N–H and O–H groups in total. The molecule has 2 amide bonds. The first-order valence-electron chi connectivity index (χ1n) is 12.0. The van der Waals surface area contributed by atoms with Crippen LogP contribution in [-0.2, 0) is 26.1 Å². The van der Waals surface area contributed by atoms with Gasteiger partial charge < -0.3 is 19.7 Å². The van der Waals surface area contributed by atoms with Crippen molar-refractivity contribution in [3.05, 3.63) is 126 Å². The number of aromatic nitrogens is 1. The third kappa shape index (κ3) is 7.34. The molecule has 0 bridgehead atoms. The molecule has 0 aliphatic rings. The summed E-state index contributed by atoms with van der Waals surface area (Å²) in [6.07, 6.45) is 2.43. The van der Waals surface area contributed by atoms with E-state index in [0.717, 1.165) is 22.4 Å². The second-order valence-electron chi connectivity index (χ2n) is 8.40. The Morgan fingerprint density at radius 3 is 2.25 bits per heavy atom. The number of rotatable bonds is 11. The summed E-state index contributed by atoms with van der Waals surface area (Å²) in [5, 5.41) is 3.04. The summed E-state index contributed by atoms with van der Waals surface area (Å²) in [6, 6.07) is 31.4. The molecule has 1 heterocycles. The highest BCUT2D eigenvalue weighted by Crippen LogP contribution is 2.29. The molecule has 0 fully saturated rings. The molecule has 1 aromatic heterocycles. The molecule has 0 saturated heterocycles. The second-order valence-corrected chi connectivity index (χ2v) is 8.40. The summed E-state index contributed by atoms with van der Waals surface area (Å²) in [4.78, 5) is 19.4. The van der Waals surface area contributed by atoms with Crippen LogP contribution < -0.4 is 14.8 Å². The van der Waals surface area contributed by atoms with Gasteiger partial charge in [0.25, 0.3) is 0 Å². The zero-order chi connectivity index (χ0) is 25.0. The number of nitrogens with one attached hydrogen (secondary N) is 1. The highest BCUT2D eigenvalue weighted by Gasteiger charge is 2.16. The number of carbonyl (C=O) groups is 1. The number of nitrogens with zero attached hydrogens (tertiary/aromatic N) is 2. The lowest BCUT2D eigenvalue weighted by Gasteiger charge is -2.24. The third-order valence-corrected chi connectivity index (χ3v) is 5.78. The smallest absolute Gasteiger partial charge is 0.317 e. The van der Waals surface area contributed by atoms with E-state index in [9.17, 15) is 4.79 Å². The van der Waals surface area contributed by atoms with Crippen LogP contribution in [0.15, 0.2) is 103 Å². The summed E-state index contributed by atoms with van der Waals surface area (Å²) in [6.45, 7) is 1.89. The minimum Gasteiger partial charge on any atom is -0.493 e.